The number of benzene rings is 1. The third-order valence-electron chi connectivity index (χ3n) is 6.03. The van der Waals surface area contributed by atoms with Crippen molar-refractivity contribution in [2.75, 3.05) is 26.2 Å². The largest absolute Gasteiger partial charge is 0.447 e. The number of piperazine rings is 1. The molecule has 0 saturated carbocycles. The summed E-state index contributed by atoms with van der Waals surface area (Å²) < 4.78 is 5.63. The van der Waals surface area contributed by atoms with Crippen molar-refractivity contribution in [1.82, 2.24) is 19.7 Å². The fourth-order valence-corrected chi connectivity index (χ4v) is 4.35. The Morgan fingerprint density at radius 1 is 1.00 bits per heavy atom. The van der Waals surface area contributed by atoms with Crippen LogP contribution in [0.5, 0.6) is 0 Å². The fourth-order valence-electron chi connectivity index (χ4n) is 4.35. The van der Waals surface area contributed by atoms with Crippen molar-refractivity contribution < 1.29 is 9.21 Å². The molecule has 2 fully saturated rings. The van der Waals surface area contributed by atoms with Gasteiger partial charge >= 0.3 is 0 Å². The second-order valence-electron chi connectivity index (χ2n) is 8.15. The Balaban J connectivity index is 1.28. The molecule has 2 aromatic rings. The first-order valence-electron chi connectivity index (χ1n) is 10.4. The Hall–Kier alpha value is -2.18. The molecule has 0 spiro atoms. The second-order valence-corrected chi connectivity index (χ2v) is 8.15. The highest BCUT2D eigenvalue weighted by atomic mass is 16.3. The first kappa shape index (κ1) is 19.2. The molecule has 2 atom stereocenters. The smallest absolute Gasteiger partial charge is 0.276 e. The summed E-state index contributed by atoms with van der Waals surface area (Å²) in [4.78, 5) is 24.0. The van der Waals surface area contributed by atoms with E-state index in [1.165, 1.54) is 11.8 Å². The lowest BCUT2D eigenvalue weighted by molar-refractivity contribution is 0.0686. The minimum Gasteiger partial charge on any atom is -0.447 e. The molecular formula is C22H30N4O2. The molecule has 0 N–H and O–H groups in total. The first-order valence-corrected chi connectivity index (χ1v) is 10.4. The van der Waals surface area contributed by atoms with E-state index in [4.69, 9.17) is 4.42 Å². The van der Waals surface area contributed by atoms with Crippen LogP contribution in [0.3, 0.4) is 0 Å². The monoisotopic (exact) mass is 382 g/mol. The van der Waals surface area contributed by atoms with Gasteiger partial charge in [0.25, 0.3) is 5.91 Å². The lowest BCUT2D eigenvalue weighted by Gasteiger charge is -2.34. The van der Waals surface area contributed by atoms with Gasteiger partial charge in [0, 0.05) is 44.8 Å². The molecule has 6 heteroatoms. The van der Waals surface area contributed by atoms with E-state index in [9.17, 15) is 4.79 Å². The molecule has 1 amide bonds. The minimum atomic E-state index is 0.000167. The predicted molar refractivity (Wildman–Crippen MR) is 108 cm³/mol. The van der Waals surface area contributed by atoms with E-state index >= 15 is 0 Å². The molecule has 0 radical (unpaired) electrons. The Kier molecular flexibility index (Phi) is 5.78. The van der Waals surface area contributed by atoms with Crippen LogP contribution in [0.15, 0.2) is 41.0 Å². The topological polar surface area (TPSA) is 52.8 Å². The van der Waals surface area contributed by atoms with Crippen molar-refractivity contribution in [1.29, 1.82) is 0 Å². The van der Waals surface area contributed by atoms with Crippen molar-refractivity contribution in [2.45, 2.75) is 51.9 Å². The molecule has 2 aliphatic rings. The summed E-state index contributed by atoms with van der Waals surface area (Å²) in [6.45, 7) is 9.91. The van der Waals surface area contributed by atoms with Crippen LogP contribution in [0.4, 0.5) is 0 Å². The van der Waals surface area contributed by atoms with E-state index in [1.54, 1.807) is 0 Å². The van der Waals surface area contributed by atoms with Crippen molar-refractivity contribution >= 4 is 5.91 Å². The van der Waals surface area contributed by atoms with Crippen LogP contribution in [0.1, 0.15) is 48.6 Å². The van der Waals surface area contributed by atoms with Crippen molar-refractivity contribution in [3.8, 4) is 0 Å². The number of oxazole rings is 1. The molecule has 2 aliphatic heterocycles. The molecule has 0 aliphatic carbocycles. The highest BCUT2D eigenvalue weighted by Gasteiger charge is 2.33. The van der Waals surface area contributed by atoms with E-state index in [0.717, 1.165) is 45.6 Å². The number of carbonyl (C=O) groups is 1. The van der Waals surface area contributed by atoms with Crippen molar-refractivity contribution in [3.05, 3.63) is 53.7 Å². The van der Waals surface area contributed by atoms with Crippen molar-refractivity contribution in [2.24, 2.45) is 0 Å². The van der Waals surface area contributed by atoms with Gasteiger partial charge in [-0.3, -0.25) is 14.6 Å². The van der Waals surface area contributed by atoms with E-state index in [1.807, 2.05) is 4.90 Å². The molecule has 2 saturated heterocycles. The predicted octanol–water partition coefficient (Wildman–Crippen LogP) is 3.01. The van der Waals surface area contributed by atoms with Gasteiger partial charge in [0.2, 0.25) is 5.89 Å². The summed E-state index contributed by atoms with van der Waals surface area (Å²) in [6.07, 6.45) is 3.65. The van der Waals surface area contributed by atoms with E-state index in [2.05, 4.69) is 59.0 Å². The van der Waals surface area contributed by atoms with E-state index < -0.39 is 0 Å². The zero-order valence-electron chi connectivity index (χ0n) is 16.9. The lowest BCUT2D eigenvalue weighted by Crippen LogP contribution is -2.45. The third kappa shape index (κ3) is 4.28. The van der Waals surface area contributed by atoms with Crippen LogP contribution in [0, 0.1) is 0 Å². The zero-order chi connectivity index (χ0) is 19.5. The average molecular weight is 383 g/mol. The Morgan fingerprint density at radius 3 is 2.25 bits per heavy atom. The molecule has 150 valence electrons. The number of hydrogen-bond acceptors (Lipinski definition) is 5. The number of hydrogen-bond donors (Lipinski definition) is 0. The molecule has 4 rings (SSSR count). The van der Waals surface area contributed by atoms with Crippen LogP contribution in [0.2, 0.25) is 0 Å². The van der Waals surface area contributed by atoms with Crippen LogP contribution < -0.4 is 0 Å². The summed E-state index contributed by atoms with van der Waals surface area (Å²) in [6, 6.07) is 11.2. The van der Waals surface area contributed by atoms with Crippen LogP contribution in [0.25, 0.3) is 0 Å². The average Bonchev–Trinajstić information content (AvgIpc) is 3.30. The molecule has 1 aromatic heterocycles. The maximum atomic E-state index is 12.8. The minimum absolute atomic E-state index is 0.000167. The van der Waals surface area contributed by atoms with Gasteiger partial charge in [0.1, 0.15) is 6.26 Å². The number of likely N-dealkylation sites (tertiary alicyclic amines) is 1. The van der Waals surface area contributed by atoms with Gasteiger partial charge in [-0.1, -0.05) is 30.3 Å². The summed E-state index contributed by atoms with van der Waals surface area (Å²) in [7, 11) is 0. The highest BCUT2D eigenvalue weighted by molar-refractivity contribution is 5.92. The summed E-state index contributed by atoms with van der Waals surface area (Å²) in [5.74, 6) is 0.638. The lowest BCUT2D eigenvalue weighted by atomic mass is 10.2. The Bertz CT molecular complexity index is 773. The van der Waals surface area contributed by atoms with Gasteiger partial charge in [-0.25, -0.2) is 4.98 Å². The van der Waals surface area contributed by atoms with E-state index in [0.29, 0.717) is 18.1 Å². The van der Waals surface area contributed by atoms with Crippen molar-refractivity contribution in [3.63, 3.8) is 0 Å². The van der Waals surface area contributed by atoms with E-state index in [-0.39, 0.29) is 18.0 Å². The molecular weight excluding hydrogens is 352 g/mol. The number of rotatable bonds is 5. The van der Waals surface area contributed by atoms with Crippen LogP contribution in [-0.4, -0.2) is 63.9 Å². The normalized spacial score (nSPS) is 24.0. The Morgan fingerprint density at radius 2 is 1.61 bits per heavy atom. The maximum Gasteiger partial charge on any atom is 0.276 e. The van der Waals surface area contributed by atoms with Crippen LogP contribution in [-0.2, 0) is 13.1 Å². The van der Waals surface area contributed by atoms with Crippen LogP contribution >= 0.6 is 0 Å². The molecule has 0 unspecified atom stereocenters. The Labute approximate surface area is 167 Å². The van der Waals surface area contributed by atoms with Gasteiger partial charge in [-0.2, -0.15) is 0 Å². The zero-order valence-corrected chi connectivity index (χ0v) is 16.9. The van der Waals surface area contributed by atoms with Gasteiger partial charge in [-0.05, 0) is 32.3 Å². The molecule has 0 bridgehead atoms. The van der Waals surface area contributed by atoms with Gasteiger partial charge in [-0.15, -0.1) is 0 Å². The molecule has 6 nitrogen and oxygen atoms in total. The maximum absolute atomic E-state index is 12.8. The molecule has 1 aromatic carbocycles. The summed E-state index contributed by atoms with van der Waals surface area (Å²) in [5.41, 5.74) is 1.80. The number of aromatic nitrogens is 1. The summed E-state index contributed by atoms with van der Waals surface area (Å²) >= 11 is 0. The molecule has 3 heterocycles. The number of carbonyl (C=O) groups excluding carboxylic acids is 1. The molecule has 28 heavy (non-hydrogen) atoms. The highest BCUT2D eigenvalue weighted by Crippen LogP contribution is 2.25. The SMILES string of the molecule is C[C@@H]1CC[C@H](C)N1C(=O)c1coc(CN2CCN(Cc3ccccc3)CC2)n1. The second kappa shape index (κ2) is 8.45. The first-order chi connectivity index (χ1) is 13.6. The fraction of sp³-hybridized carbons (Fsp3) is 0.545. The van der Waals surface area contributed by atoms with Gasteiger partial charge < -0.3 is 9.32 Å². The number of nitrogens with zero attached hydrogens (tertiary/aromatic N) is 4. The van der Waals surface area contributed by atoms with Gasteiger partial charge in [0.15, 0.2) is 5.69 Å². The standard InChI is InChI=1S/C22H30N4O2/c1-17-8-9-18(2)26(17)22(27)20-16-28-21(23-20)15-25-12-10-24(11-13-25)14-19-6-4-3-5-7-19/h3-7,16-18H,8-15H2,1-2H3/t17-,18+. The quantitative estimate of drug-likeness (QED) is 0.796. The third-order valence-corrected chi connectivity index (χ3v) is 6.03. The number of amides is 1. The van der Waals surface area contributed by atoms with Gasteiger partial charge in [0.05, 0.1) is 6.54 Å². The summed E-state index contributed by atoms with van der Waals surface area (Å²) in [5, 5.41) is 0.